The van der Waals surface area contributed by atoms with E-state index in [4.69, 9.17) is 42.6 Å². The fraction of sp³-hybridized carbons (Fsp3) is 0.890. The van der Waals surface area contributed by atoms with Gasteiger partial charge in [0.05, 0.1) is 129 Å². The van der Waals surface area contributed by atoms with Gasteiger partial charge in [0, 0.05) is 167 Å². The van der Waals surface area contributed by atoms with Gasteiger partial charge >= 0.3 is 53.7 Å². The zero-order chi connectivity index (χ0) is 93.0. The summed E-state index contributed by atoms with van der Waals surface area (Å²) in [6.07, 6.45) is 8.74. The topological polar surface area (TPSA) is 490 Å². The Labute approximate surface area is 741 Å². The number of rotatable bonds is 85. The number of ether oxygens (including phenoxy) is 9. The molecule has 124 heavy (non-hydrogen) atoms. The number of hydrogen-bond donors (Lipinski definition) is 6. The number of nitrogens with one attached hydrogen (secondary N) is 6. The van der Waals surface area contributed by atoms with E-state index in [2.05, 4.69) is 60.4 Å². The standard InChI is InChI=1S/C82H160N12O27S3/c1-12-14-32-83-34-19-44-89(45-38-84-33-15-13-2)51-52-91(49-41-87-37-31-79(100)118-67-64-115-76(97)28-18-25-73(5)82(103)121-61-58-94(10,11)55-22-70-124(110,111)112)50-43-88-42-48-90(46-39-85-35-29-77(98)116-65-62-113-74(95)26-16-23-71(3)80(101)119-59-56-92(6,7)53-20-68-122(104,105)106)47-40-86-36-30-78(99)117-66-63-114-75(96)27-17-24-72(4)81(102)120-60-57-93(8,9)54-21-69-123(107,108)109/h71-73,83-88H,12-70H2,1-11H3. The molecule has 42 heteroatoms. The lowest BCUT2D eigenvalue weighted by Gasteiger charge is -2.29. The minimum Gasteiger partial charge on any atom is -0.748 e. The van der Waals surface area contributed by atoms with Gasteiger partial charge in [-0.1, -0.05) is 47.5 Å². The van der Waals surface area contributed by atoms with Crippen LogP contribution < -0.4 is 31.9 Å². The first-order valence-electron chi connectivity index (χ1n) is 44.7. The lowest BCUT2D eigenvalue weighted by atomic mass is 10.0. The van der Waals surface area contributed by atoms with Gasteiger partial charge in [-0.15, -0.1) is 0 Å². The van der Waals surface area contributed by atoms with E-state index in [1.54, 1.807) is 20.8 Å². The number of carbonyl (C=O) groups is 9. The molecule has 39 nitrogen and oxygen atoms in total. The Morgan fingerprint density at radius 1 is 0.274 bits per heavy atom. The molecule has 0 aromatic carbocycles. The molecule has 0 bridgehead atoms. The van der Waals surface area contributed by atoms with Crippen LogP contribution in [0.4, 0.5) is 0 Å². The van der Waals surface area contributed by atoms with E-state index in [9.17, 15) is 82.1 Å². The van der Waals surface area contributed by atoms with Crippen LogP contribution in [0, 0.1) is 17.8 Å². The highest BCUT2D eigenvalue weighted by Gasteiger charge is 2.25. The number of hydrogen-bond acceptors (Lipinski definition) is 36. The summed E-state index contributed by atoms with van der Waals surface area (Å²) in [4.78, 5) is 120. The van der Waals surface area contributed by atoms with Crippen LogP contribution in [-0.2, 0) is 116 Å². The third kappa shape index (κ3) is 76.5. The summed E-state index contributed by atoms with van der Waals surface area (Å²) in [6.45, 7) is 26.3. The Morgan fingerprint density at radius 3 is 0.766 bits per heavy atom. The van der Waals surface area contributed by atoms with E-state index in [0.717, 1.165) is 91.0 Å². The van der Waals surface area contributed by atoms with Crippen molar-refractivity contribution in [1.82, 2.24) is 46.6 Å². The van der Waals surface area contributed by atoms with Crippen LogP contribution in [0.1, 0.15) is 163 Å². The third-order valence-corrected chi connectivity index (χ3v) is 22.9. The molecular formula is C82H160N12O27S3. The van der Waals surface area contributed by atoms with Gasteiger partial charge in [-0.05, 0) is 84.0 Å². The fourth-order valence-electron chi connectivity index (χ4n) is 12.4. The predicted octanol–water partition coefficient (Wildman–Crippen LogP) is 0.934. The summed E-state index contributed by atoms with van der Waals surface area (Å²) >= 11 is 0. The van der Waals surface area contributed by atoms with Crippen molar-refractivity contribution in [1.29, 1.82) is 0 Å². The molecule has 0 aromatic rings. The van der Waals surface area contributed by atoms with Crippen molar-refractivity contribution in [2.75, 3.05) is 296 Å². The molecule has 0 aromatic heterocycles. The van der Waals surface area contributed by atoms with Crippen LogP contribution in [0.15, 0.2) is 0 Å². The Hall–Kier alpha value is -5.52. The largest absolute Gasteiger partial charge is 0.748 e. The van der Waals surface area contributed by atoms with Crippen molar-refractivity contribution in [2.45, 2.75) is 163 Å². The number of nitrogens with zero attached hydrogens (tertiary/aromatic N) is 6. The Bertz CT molecular complexity index is 3140. The van der Waals surface area contributed by atoms with Gasteiger partial charge in [0.25, 0.3) is 0 Å². The lowest BCUT2D eigenvalue weighted by Crippen LogP contribution is -2.44. The van der Waals surface area contributed by atoms with E-state index in [1.165, 1.54) is 0 Å². The van der Waals surface area contributed by atoms with Crippen molar-refractivity contribution in [2.24, 2.45) is 17.8 Å². The number of unbranched alkanes of at least 4 members (excludes halogenated alkanes) is 2. The van der Waals surface area contributed by atoms with Crippen LogP contribution in [0.2, 0.25) is 0 Å². The van der Waals surface area contributed by atoms with Gasteiger partial charge in [-0.25, -0.2) is 25.3 Å². The van der Waals surface area contributed by atoms with E-state index in [0.29, 0.717) is 170 Å². The molecule has 3 unspecified atom stereocenters. The highest BCUT2D eigenvalue weighted by molar-refractivity contribution is 7.86. The maximum Gasteiger partial charge on any atom is 0.308 e. The molecule has 0 fully saturated rings. The van der Waals surface area contributed by atoms with Crippen molar-refractivity contribution in [3.05, 3.63) is 0 Å². The minimum absolute atomic E-state index is 0.0478. The molecule has 0 saturated carbocycles. The maximum absolute atomic E-state index is 12.8. The first kappa shape index (κ1) is 118. The SMILES string of the molecule is CCCCNCCCN(CCNCCCC)CCN(CCNCCC(=O)OCCOC(=O)CCCC(C)C(=O)OCC[N+](C)(C)CCCS(=O)(=O)[O-])CCNCCN(CCNCCC(=O)OCCOC(=O)CCCC(C)C(=O)OCC[N+](C)(C)CCCS(=O)(=O)[O-])CCNCCC(=O)OCCOC(=O)CCCC(C)C(=O)OCC[N+](C)(C)CCCS(=O)(=O)[O-]. The zero-order valence-corrected chi connectivity index (χ0v) is 79.3. The molecule has 0 spiro atoms. The summed E-state index contributed by atoms with van der Waals surface area (Å²) in [5.41, 5.74) is 0. The second-order valence-electron chi connectivity index (χ2n) is 33.5. The molecule has 0 radical (unpaired) electrons. The molecule has 0 heterocycles. The molecule has 6 N–H and O–H groups in total. The Kier molecular flexibility index (Phi) is 68.2. The molecule has 0 aliphatic rings. The fourth-order valence-corrected chi connectivity index (χ4v) is 13.8. The molecule has 728 valence electrons. The van der Waals surface area contributed by atoms with Crippen molar-refractivity contribution < 1.29 is 138 Å². The smallest absolute Gasteiger partial charge is 0.308 e. The summed E-state index contributed by atoms with van der Waals surface area (Å²) in [5.74, 6) is -6.95. The van der Waals surface area contributed by atoms with E-state index in [1.807, 2.05) is 42.3 Å². The van der Waals surface area contributed by atoms with Gasteiger partial charge in [-0.3, -0.25) is 53.0 Å². The van der Waals surface area contributed by atoms with Crippen LogP contribution in [0.3, 0.4) is 0 Å². The second-order valence-corrected chi connectivity index (χ2v) is 38.1. The molecule has 3 atom stereocenters. The molecule has 0 rings (SSSR count). The van der Waals surface area contributed by atoms with E-state index >= 15 is 0 Å². The molecule has 0 aliphatic carbocycles. The average Bonchev–Trinajstić information content (AvgIpc) is 0.923. The van der Waals surface area contributed by atoms with Crippen LogP contribution in [-0.4, -0.2) is 416 Å². The Balaban J connectivity index is 5.65. The monoisotopic (exact) mass is 1840 g/mol. The number of carbonyl (C=O) groups excluding carboxylic acids is 9. The summed E-state index contributed by atoms with van der Waals surface area (Å²) in [7, 11) is -1.83. The van der Waals surface area contributed by atoms with Gasteiger partial charge in [-0.2, -0.15) is 0 Å². The van der Waals surface area contributed by atoms with Gasteiger partial charge < -0.3 is 107 Å². The van der Waals surface area contributed by atoms with Crippen molar-refractivity contribution in [3.8, 4) is 0 Å². The van der Waals surface area contributed by atoms with Crippen LogP contribution in [0.5, 0.6) is 0 Å². The summed E-state index contributed by atoms with van der Waals surface area (Å²) in [5, 5.41) is 20.8. The minimum atomic E-state index is -4.31. The van der Waals surface area contributed by atoms with Gasteiger partial charge in [0.1, 0.15) is 79.1 Å². The zero-order valence-electron chi connectivity index (χ0n) is 76.9. The highest BCUT2D eigenvalue weighted by atomic mass is 32.2. The molecule has 0 amide bonds. The first-order valence-corrected chi connectivity index (χ1v) is 49.4. The number of esters is 9. The van der Waals surface area contributed by atoms with Crippen molar-refractivity contribution >= 4 is 84.1 Å². The average molecular weight is 1840 g/mol. The maximum atomic E-state index is 12.8. The van der Waals surface area contributed by atoms with Gasteiger partial charge in [0.2, 0.25) is 0 Å². The van der Waals surface area contributed by atoms with Crippen LogP contribution >= 0.6 is 0 Å². The quantitative estimate of drug-likeness (QED) is 0.0162. The third-order valence-electron chi connectivity index (χ3n) is 20.5. The normalized spacial score (nSPS) is 13.0. The summed E-state index contributed by atoms with van der Waals surface area (Å²) < 4.78 is 148. The Morgan fingerprint density at radius 2 is 0.500 bits per heavy atom. The molecule has 0 aliphatic heterocycles. The lowest BCUT2D eigenvalue weighted by molar-refractivity contribution is -0.890. The van der Waals surface area contributed by atoms with Crippen molar-refractivity contribution in [3.63, 3.8) is 0 Å². The number of likely N-dealkylation sites (N-methyl/N-ethyl adjacent to an activating group) is 3. The second kappa shape index (κ2) is 71.3. The van der Waals surface area contributed by atoms with Crippen LogP contribution in [0.25, 0.3) is 0 Å². The van der Waals surface area contributed by atoms with E-state index in [-0.39, 0.29) is 117 Å². The van der Waals surface area contributed by atoms with E-state index < -0.39 is 119 Å². The molecular weight excluding hydrogens is 1680 g/mol. The predicted molar refractivity (Wildman–Crippen MR) is 466 cm³/mol. The van der Waals surface area contributed by atoms with Gasteiger partial charge in [0.15, 0.2) is 0 Å². The first-order chi connectivity index (χ1) is 58.5. The molecule has 0 saturated heterocycles. The summed E-state index contributed by atoms with van der Waals surface area (Å²) in [6, 6.07) is 0. The number of quaternary nitrogens is 3. The highest BCUT2D eigenvalue weighted by Crippen LogP contribution is 2.15.